The summed E-state index contributed by atoms with van der Waals surface area (Å²) in [4.78, 5) is 14.8. The third-order valence-electron chi connectivity index (χ3n) is 6.05. The summed E-state index contributed by atoms with van der Waals surface area (Å²) >= 11 is 0. The number of hydrogen-bond donors (Lipinski definition) is 1. The number of carbonyl (C=O) groups excluding carboxylic acids is 1. The maximum atomic E-state index is 13.9. The minimum Gasteiger partial charge on any atom is -0.497 e. The molecule has 28 heavy (non-hydrogen) atoms. The maximum absolute atomic E-state index is 13.9. The van der Waals surface area contributed by atoms with Crippen LogP contribution in [-0.2, 0) is 11.3 Å². The van der Waals surface area contributed by atoms with E-state index in [2.05, 4.69) is 22.3 Å². The van der Waals surface area contributed by atoms with Gasteiger partial charge in [-0.05, 0) is 48.2 Å². The van der Waals surface area contributed by atoms with Crippen molar-refractivity contribution in [3.63, 3.8) is 0 Å². The first kappa shape index (κ1) is 18.9. The summed E-state index contributed by atoms with van der Waals surface area (Å²) in [7, 11) is 1.67. The summed E-state index contributed by atoms with van der Waals surface area (Å²) in [6.07, 6.45) is 3.60. The normalized spacial score (nSPS) is 25.5. The first-order valence-electron chi connectivity index (χ1n) is 10.1. The Hall–Kier alpha value is -2.40. The van der Waals surface area contributed by atoms with Gasteiger partial charge in [0, 0.05) is 31.5 Å². The molecule has 1 N–H and O–H groups in total. The molecule has 0 spiro atoms. The maximum Gasteiger partial charge on any atom is 0.220 e. The molecule has 0 aromatic heterocycles. The van der Waals surface area contributed by atoms with E-state index in [-0.39, 0.29) is 29.7 Å². The van der Waals surface area contributed by atoms with Gasteiger partial charge in [0.05, 0.1) is 13.2 Å². The topological polar surface area (TPSA) is 41.6 Å². The molecule has 5 heteroatoms. The lowest BCUT2D eigenvalue weighted by atomic mass is 9.88. The summed E-state index contributed by atoms with van der Waals surface area (Å²) in [5, 5.41) is 3.26. The molecule has 1 amide bonds. The molecule has 2 aromatic carbocycles. The van der Waals surface area contributed by atoms with Gasteiger partial charge < -0.3 is 10.1 Å². The molecule has 3 atom stereocenters. The zero-order valence-corrected chi connectivity index (χ0v) is 16.2. The third kappa shape index (κ3) is 4.04. The van der Waals surface area contributed by atoms with Crippen LogP contribution < -0.4 is 10.1 Å². The van der Waals surface area contributed by atoms with Gasteiger partial charge >= 0.3 is 0 Å². The molecule has 2 fully saturated rings. The van der Waals surface area contributed by atoms with Crippen LogP contribution in [0, 0.1) is 5.82 Å². The number of nitrogens with one attached hydrogen (secondary N) is 1. The fraction of sp³-hybridized carbons (Fsp3) is 0.435. The zero-order chi connectivity index (χ0) is 19.5. The predicted molar refractivity (Wildman–Crippen MR) is 107 cm³/mol. The Kier molecular flexibility index (Phi) is 5.62. The summed E-state index contributed by atoms with van der Waals surface area (Å²) < 4.78 is 19.1. The number of amides is 1. The van der Waals surface area contributed by atoms with Crippen LogP contribution in [0.5, 0.6) is 5.75 Å². The van der Waals surface area contributed by atoms with E-state index in [9.17, 15) is 9.18 Å². The summed E-state index contributed by atoms with van der Waals surface area (Å²) in [5.74, 6) is 0.835. The van der Waals surface area contributed by atoms with Gasteiger partial charge in [-0.3, -0.25) is 9.69 Å². The molecule has 2 aliphatic heterocycles. The second-order valence-electron chi connectivity index (χ2n) is 7.85. The van der Waals surface area contributed by atoms with E-state index in [1.165, 1.54) is 11.6 Å². The monoisotopic (exact) mass is 382 g/mol. The highest BCUT2D eigenvalue weighted by Gasteiger charge is 2.43. The Morgan fingerprint density at radius 3 is 2.75 bits per heavy atom. The van der Waals surface area contributed by atoms with Crippen LogP contribution in [0.4, 0.5) is 4.39 Å². The van der Waals surface area contributed by atoms with Crippen LogP contribution in [0.15, 0.2) is 48.5 Å². The molecule has 0 aliphatic carbocycles. The number of carbonyl (C=O) groups is 1. The minimum atomic E-state index is -0.222. The SMILES string of the molecule is COc1ccc(CN2C[C@@H](c3cccc(F)c3)[C@@H]3NC(=O)CCCC[C@H]32)cc1. The fourth-order valence-electron chi connectivity index (χ4n) is 4.65. The number of benzene rings is 2. The van der Waals surface area contributed by atoms with E-state index in [1.807, 2.05) is 18.2 Å². The average Bonchev–Trinajstić information content (AvgIpc) is 3.00. The lowest BCUT2D eigenvalue weighted by molar-refractivity contribution is -0.122. The van der Waals surface area contributed by atoms with Crippen molar-refractivity contribution in [2.24, 2.45) is 0 Å². The molecule has 2 aliphatic rings. The van der Waals surface area contributed by atoms with Crippen molar-refractivity contribution < 1.29 is 13.9 Å². The molecule has 2 saturated heterocycles. The lowest BCUT2D eigenvalue weighted by Crippen LogP contribution is -2.47. The second-order valence-corrected chi connectivity index (χ2v) is 7.85. The van der Waals surface area contributed by atoms with Crippen LogP contribution >= 0.6 is 0 Å². The first-order chi connectivity index (χ1) is 13.6. The minimum absolute atomic E-state index is 0.0212. The van der Waals surface area contributed by atoms with E-state index >= 15 is 0 Å². The van der Waals surface area contributed by atoms with Gasteiger partial charge in [0.1, 0.15) is 11.6 Å². The average molecular weight is 382 g/mol. The van der Waals surface area contributed by atoms with E-state index in [4.69, 9.17) is 4.74 Å². The molecule has 0 radical (unpaired) electrons. The highest BCUT2D eigenvalue weighted by Crippen LogP contribution is 2.37. The van der Waals surface area contributed by atoms with Gasteiger partial charge in [0.15, 0.2) is 0 Å². The second kappa shape index (κ2) is 8.31. The van der Waals surface area contributed by atoms with Crippen LogP contribution in [0.25, 0.3) is 0 Å². The van der Waals surface area contributed by atoms with Gasteiger partial charge in [-0.1, -0.05) is 30.7 Å². The van der Waals surface area contributed by atoms with Crippen LogP contribution in [0.2, 0.25) is 0 Å². The van der Waals surface area contributed by atoms with E-state index in [0.717, 1.165) is 43.7 Å². The zero-order valence-electron chi connectivity index (χ0n) is 16.2. The van der Waals surface area contributed by atoms with Gasteiger partial charge in [-0.25, -0.2) is 4.39 Å². The molecule has 2 aromatic rings. The van der Waals surface area contributed by atoms with E-state index in [0.29, 0.717) is 6.42 Å². The standard InChI is InChI=1S/C23H27FN2O2/c1-28-19-11-9-16(10-12-19)14-26-15-20(17-5-4-6-18(24)13-17)23-21(26)7-2-3-8-22(27)25-23/h4-6,9-13,20-21,23H,2-3,7-8,14-15H2,1H3,(H,25,27)/t20-,21+,23-/m0/s1. The highest BCUT2D eigenvalue weighted by molar-refractivity contribution is 5.76. The van der Waals surface area contributed by atoms with Gasteiger partial charge in [0.2, 0.25) is 5.91 Å². The Morgan fingerprint density at radius 1 is 1.18 bits per heavy atom. The van der Waals surface area contributed by atoms with Crippen LogP contribution in [0.3, 0.4) is 0 Å². The highest BCUT2D eigenvalue weighted by atomic mass is 19.1. The van der Waals surface area contributed by atoms with E-state index in [1.54, 1.807) is 19.2 Å². The van der Waals surface area contributed by atoms with Crippen LogP contribution in [-0.4, -0.2) is 36.5 Å². The molecule has 4 rings (SSSR count). The lowest BCUT2D eigenvalue weighted by Gasteiger charge is -2.31. The van der Waals surface area contributed by atoms with Gasteiger partial charge in [0.25, 0.3) is 0 Å². The molecular weight excluding hydrogens is 355 g/mol. The number of nitrogens with zero attached hydrogens (tertiary/aromatic N) is 1. The Labute approximate surface area is 165 Å². The predicted octanol–water partition coefficient (Wildman–Crippen LogP) is 3.86. The molecule has 2 heterocycles. The quantitative estimate of drug-likeness (QED) is 0.873. The Bertz CT molecular complexity index is 824. The summed E-state index contributed by atoms with van der Waals surface area (Å²) in [5.41, 5.74) is 2.18. The fourth-order valence-corrected chi connectivity index (χ4v) is 4.65. The first-order valence-corrected chi connectivity index (χ1v) is 10.1. The molecule has 0 bridgehead atoms. The van der Waals surface area contributed by atoms with Crippen molar-refractivity contribution in [1.82, 2.24) is 10.2 Å². The number of methoxy groups -OCH3 is 1. The van der Waals surface area contributed by atoms with Crippen molar-refractivity contribution in [1.29, 1.82) is 0 Å². The van der Waals surface area contributed by atoms with Crippen molar-refractivity contribution in [3.05, 3.63) is 65.5 Å². The van der Waals surface area contributed by atoms with Crippen molar-refractivity contribution in [2.45, 2.75) is 50.2 Å². The molecule has 0 saturated carbocycles. The number of fused-ring (bicyclic) bond motifs is 1. The third-order valence-corrected chi connectivity index (χ3v) is 6.05. The summed E-state index contributed by atoms with van der Waals surface area (Å²) in [6, 6.07) is 15.2. The molecule has 4 nitrogen and oxygen atoms in total. The summed E-state index contributed by atoms with van der Waals surface area (Å²) in [6.45, 7) is 1.62. The van der Waals surface area contributed by atoms with Crippen LogP contribution in [0.1, 0.15) is 42.7 Å². The van der Waals surface area contributed by atoms with Gasteiger partial charge in [-0.15, -0.1) is 0 Å². The van der Waals surface area contributed by atoms with E-state index < -0.39 is 0 Å². The number of rotatable bonds is 4. The van der Waals surface area contributed by atoms with Crippen molar-refractivity contribution >= 4 is 5.91 Å². The van der Waals surface area contributed by atoms with Crippen molar-refractivity contribution in [3.8, 4) is 5.75 Å². The molecular formula is C23H27FN2O2. The smallest absolute Gasteiger partial charge is 0.220 e. The molecule has 148 valence electrons. The number of halogens is 1. The number of ether oxygens (including phenoxy) is 1. The molecule has 0 unspecified atom stereocenters. The number of likely N-dealkylation sites (tertiary alicyclic amines) is 1. The Balaban J connectivity index is 1.61. The van der Waals surface area contributed by atoms with Gasteiger partial charge in [-0.2, -0.15) is 0 Å². The van der Waals surface area contributed by atoms with Crippen molar-refractivity contribution in [2.75, 3.05) is 13.7 Å². The Morgan fingerprint density at radius 2 is 2.00 bits per heavy atom. The number of hydrogen-bond acceptors (Lipinski definition) is 3. The largest absolute Gasteiger partial charge is 0.497 e.